The van der Waals surface area contributed by atoms with Crippen LogP contribution in [0.5, 0.6) is 0 Å². The smallest absolute Gasteiger partial charge is 0.346 e. The summed E-state index contributed by atoms with van der Waals surface area (Å²) in [5, 5.41) is 9.61. The number of carbonyl (C=O) groups is 1. The Labute approximate surface area is 162 Å². The van der Waals surface area contributed by atoms with E-state index in [4.69, 9.17) is 0 Å². The highest BCUT2D eigenvalue weighted by molar-refractivity contribution is 14.1. The third-order valence-corrected chi connectivity index (χ3v) is 7.52. The molecule has 1 saturated carbocycles. The van der Waals surface area contributed by atoms with E-state index in [1.54, 1.807) is 0 Å². The zero-order chi connectivity index (χ0) is 17.3. The molecule has 0 radical (unpaired) electrons. The van der Waals surface area contributed by atoms with E-state index in [1.165, 1.54) is 48.2 Å². The van der Waals surface area contributed by atoms with Crippen molar-refractivity contribution < 1.29 is 9.90 Å². The van der Waals surface area contributed by atoms with E-state index in [1.807, 2.05) is 0 Å². The molecule has 0 amide bonds. The van der Waals surface area contributed by atoms with E-state index >= 15 is 0 Å². The fourth-order valence-electron chi connectivity index (χ4n) is 4.15. The highest BCUT2D eigenvalue weighted by atomic mass is 127. The van der Waals surface area contributed by atoms with Gasteiger partial charge in [0, 0.05) is 18.7 Å². The molecule has 0 atom stereocenters. The number of hydrogen-bond acceptors (Lipinski definition) is 3. The molecule has 24 heavy (non-hydrogen) atoms. The minimum atomic E-state index is -0.778. The lowest BCUT2D eigenvalue weighted by Crippen LogP contribution is -2.34. The summed E-state index contributed by atoms with van der Waals surface area (Å²) in [5.41, 5.74) is 3.88. The zero-order valence-corrected chi connectivity index (χ0v) is 17.5. The number of hydrogen-bond donors (Lipinski definition) is 1. The summed E-state index contributed by atoms with van der Waals surface area (Å²) < 4.78 is 1.07. The van der Waals surface area contributed by atoms with Gasteiger partial charge in [-0.15, -0.1) is 11.3 Å². The van der Waals surface area contributed by atoms with Crippen LogP contribution >= 0.6 is 33.9 Å². The van der Waals surface area contributed by atoms with Gasteiger partial charge in [-0.3, -0.25) is 4.90 Å². The third kappa shape index (κ3) is 3.88. The minimum Gasteiger partial charge on any atom is -0.477 e. The van der Waals surface area contributed by atoms with Crippen LogP contribution in [0.3, 0.4) is 0 Å². The maximum Gasteiger partial charge on any atom is 0.346 e. The van der Waals surface area contributed by atoms with Crippen LogP contribution in [-0.2, 0) is 0 Å². The van der Waals surface area contributed by atoms with Gasteiger partial charge in [-0.2, -0.15) is 0 Å². The predicted octanol–water partition coefficient (Wildman–Crippen LogP) is 5.36. The van der Waals surface area contributed by atoms with Gasteiger partial charge >= 0.3 is 5.97 Å². The Morgan fingerprint density at radius 3 is 2.71 bits per heavy atom. The molecule has 1 aromatic heterocycles. The molecule has 3 nitrogen and oxygen atoms in total. The van der Waals surface area contributed by atoms with Crippen LogP contribution in [0.4, 0.5) is 0 Å². The molecule has 1 aliphatic carbocycles. The molecule has 2 aliphatic rings. The lowest BCUT2D eigenvalue weighted by atomic mass is 9.75. The van der Waals surface area contributed by atoms with E-state index in [0.29, 0.717) is 10.8 Å². The molecule has 0 spiro atoms. The van der Waals surface area contributed by atoms with Gasteiger partial charge in [-0.1, -0.05) is 26.7 Å². The van der Waals surface area contributed by atoms with Crippen LogP contribution in [0, 0.1) is 14.7 Å². The highest BCUT2D eigenvalue weighted by Gasteiger charge is 2.30. The van der Waals surface area contributed by atoms with Crippen LogP contribution in [0.1, 0.15) is 61.2 Å². The van der Waals surface area contributed by atoms with Crippen molar-refractivity contribution in [2.24, 2.45) is 11.8 Å². The maximum atomic E-state index is 11.7. The minimum absolute atomic E-state index is 0.529. The van der Waals surface area contributed by atoms with E-state index in [-0.39, 0.29) is 0 Å². The first-order valence-electron chi connectivity index (χ1n) is 8.96. The molecule has 2 heterocycles. The Bertz CT molecular complexity index is 644. The van der Waals surface area contributed by atoms with Crippen LogP contribution in [0.2, 0.25) is 0 Å². The van der Waals surface area contributed by atoms with Crippen molar-refractivity contribution in [2.45, 2.75) is 46.0 Å². The number of rotatable bonds is 4. The molecule has 0 unspecified atom stereocenters. The SMILES string of the molecule is CCN1CCC(c2cc(I)sc2C(=O)O)=C(C2CCC(C)CC2)C1. The molecule has 1 N–H and O–H groups in total. The highest BCUT2D eigenvalue weighted by Crippen LogP contribution is 2.42. The molecular weight excluding hydrogens is 433 g/mol. The summed E-state index contributed by atoms with van der Waals surface area (Å²) in [7, 11) is 0. The fraction of sp³-hybridized carbons (Fsp3) is 0.632. The van der Waals surface area contributed by atoms with Crippen LogP contribution in [0.25, 0.3) is 5.57 Å². The Morgan fingerprint density at radius 2 is 2.08 bits per heavy atom. The van der Waals surface area contributed by atoms with E-state index in [9.17, 15) is 9.90 Å². The normalized spacial score (nSPS) is 26.0. The Kier molecular flexibility index (Phi) is 6.03. The van der Waals surface area contributed by atoms with Crippen LogP contribution in [-0.4, -0.2) is 35.6 Å². The van der Waals surface area contributed by atoms with E-state index < -0.39 is 5.97 Å². The number of halogens is 1. The number of nitrogens with zero attached hydrogens (tertiary/aromatic N) is 1. The summed E-state index contributed by atoms with van der Waals surface area (Å²) in [6, 6.07) is 2.09. The molecule has 0 saturated heterocycles. The Balaban J connectivity index is 2.01. The van der Waals surface area contributed by atoms with Crippen LogP contribution < -0.4 is 0 Å². The van der Waals surface area contributed by atoms with Crippen molar-refractivity contribution >= 4 is 45.5 Å². The Morgan fingerprint density at radius 1 is 1.38 bits per heavy atom. The summed E-state index contributed by atoms with van der Waals surface area (Å²) >= 11 is 3.66. The quantitative estimate of drug-likeness (QED) is 0.617. The largest absolute Gasteiger partial charge is 0.477 e. The molecule has 0 aromatic carbocycles. The zero-order valence-electron chi connectivity index (χ0n) is 14.5. The first-order valence-corrected chi connectivity index (χ1v) is 10.9. The van der Waals surface area contributed by atoms with Gasteiger partial charge in [0.25, 0.3) is 0 Å². The van der Waals surface area contributed by atoms with Crippen molar-refractivity contribution in [1.82, 2.24) is 4.90 Å². The average Bonchev–Trinajstić information content (AvgIpc) is 2.97. The van der Waals surface area contributed by atoms with Crippen molar-refractivity contribution in [3.63, 3.8) is 0 Å². The number of aromatic carboxylic acids is 1. The molecule has 1 aliphatic heterocycles. The van der Waals surface area contributed by atoms with Gasteiger partial charge in [-0.05, 0) is 77.4 Å². The first-order chi connectivity index (χ1) is 11.5. The Hall–Kier alpha value is -0.400. The number of thiophene rings is 1. The lowest BCUT2D eigenvalue weighted by molar-refractivity contribution is 0.0702. The lowest BCUT2D eigenvalue weighted by Gasteiger charge is -2.36. The number of likely N-dealkylation sites (N-methyl/N-ethyl adjacent to an activating group) is 1. The van der Waals surface area contributed by atoms with Gasteiger partial charge in [0.1, 0.15) is 4.88 Å². The molecule has 5 heteroatoms. The van der Waals surface area contributed by atoms with Gasteiger partial charge in [-0.25, -0.2) is 4.79 Å². The standard InChI is InChI=1S/C19H26INO2S/c1-3-21-9-8-14(15-10-17(20)24-18(15)19(22)23)16(11-21)13-6-4-12(2)5-7-13/h10,12-13H,3-9,11H2,1-2H3,(H,22,23). The van der Waals surface area contributed by atoms with Gasteiger partial charge in [0.2, 0.25) is 0 Å². The summed E-state index contributed by atoms with van der Waals surface area (Å²) in [5.74, 6) is 0.706. The second kappa shape index (κ2) is 7.87. The van der Waals surface area contributed by atoms with Crippen molar-refractivity contribution in [1.29, 1.82) is 0 Å². The van der Waals surface area contributed by atoms with E-state index in [2.05, 4.69) is 47.4 Å². The monoisotopic (exact) mass is 459 g/mol. The molecule has 0 bridgehead atoms. The molecule has 1 fully saturated rings. The van der Waals surface area contributed by atoms with Crippen molar-refractivity contribution in [2.75, 3.05) is 19.6 Å². The topological polar surface area (TPSA) is 40.5 Å². The molecule has 1 aromatic rings. The summed E-state index contributed by atoms with van der Waals surface area (Å²) in [6.07, 6.45) is 6.13. The summed E-state index contributed by atoms with van der Waals surface area (Å²) in [4.78, 5) is 14.7. The van der Waals surface area contributed by atoms with Crippen LogP contribution in [0.15, 0.2) is 11.6 Å². The predicted molar refractivity (Wildman–Crippen MR) is 109 cm³/mol. The third-order valence-electron chi connectivity index (χ3n) is 5.64. The van der Waals surface area contributed by atoms with Gasteiger partial charge in [0.05, 0.1) is 2.88 Å². The maximum absolute atomic E-state index is 11.7. The second-order valence-corrected chi connectivity index (χ2v) is 10.1. The average molecular weight is 459 g/mol. The number of carboxylic acid groups (broad SMARTS) is 1. The summed E-state index contributed by atoms with van der Waals surface area (Å²) in [6.45, 7) is 7.73. The van der Waals surface area contributed by atoms with Gasteiger partial charge < -0.3 is 5.11 Å². The molecular formula is C19H26INO2S. The fourth-order valence-corrected chi connectivity index (χ4v) is 5.87. The molecule has 132 valence electrons. The van der Waals surface area contributed by atoms with E-state index in [0.717, 1.165) is 40.4 Å². The number of carboxylic acids is 1. The second-order valence-electron chi connectivity index (χ2n) is 7.18. The first kappa shape index (κ1) is 18.4. The van der Waals surface area contributed by atoms with Crippen molar-refractivity contribution in [3.05, 3.63) is 25.0 Å². The van der Waals surface area contributed by atoms with Gasteiger partial charge in [0.15, 0.2) is 0 Å². The van der Waals surface area contributed by atoms with Crippen molar-refractivity contribution in [3.8, 4) is 0 Å². The molecule has 3 rings (SSSR count).